The standard InChI is InChI=1S/C13H19F3N4/c1-17-9-3-5-10(6-4-9)20(2)12-8-7-11(18-19-12)13(14,15)16/h7-10,17H,3-6H2,1-2H3. The Balaban J connectivity index is 2.01. The molecule has 0 aromatic carbocycles. The van der Waals surface area contributed by atoms with Gasteiger partial charge in [0, 0.05) is 19.1 Å². The summed E-state index contributed by atoms with van der Waals surface area (Å²) >= 11 is 0. The fourth-order valence-electron chi connectivity index (χ4n) is 2.60. The molecule has 1 aliphatic rings. The van der Waals surface area contributed by atoms with Crippen LogP contribution in [0, 0.1) is 0 Å². The van der Waals surface area contributed by atoms with E-state index in [2.05, 4.69) is 15.5 Å². The zero-order valence-electron chi connectivity index (χ0n) is 11.6. The molecule has 0 amide bonds. The van der Waals surface area contributed by atoms with Gasteiger partial charge in [-0.25, -0.2) is 0 Å². The van der Waals surface area contributed by atoms with Crippen molar-refractivity contribution >= 4 is 5.82 Å². The van der Waals surface area contributed by atoms with Crippen molar-refractivity contribution in [3.8, 4) is 0 Å². The van der Waals surface area contributed by atoms with Gasteiger partial charge >= 0.3 is 6.18 Å². The van der Waals surface area contributed by atoms with Crippen LogP contribution in [0.1, 0.15) is 31.4 Å². The number of rotatable bonds is 3. The monoisotopic (exact) mass is 288 g/mol. The fraction of sp³-hybridized carbons (Fsp3) is 0.692. The van der Waals surface area contributed by atoms with Gasteiger partial charge in [0.05, 0.1) is 0 Å². The molecule has 7 heteroatoms. The first-order valence-corrected chi connectivity index (χ1v) is 6.73. The van der Waals surface area contributed by atoms with Crippen molar-refractivity contribution < 1.29 is 13.2 Å². The zero-order chi connectivity index (χ0) is 14.8. The minimum atomic E-state index is -4.44. The van der Waals surface area contributed by atoms with Crippen molar-refractivity contribution in [3.63, 3.8) is 0 Å². The Morgan fingerprint density at radius 3 is 2.25 bits per heavy atom. The molecule has 0 radical (unpaired) electrons. The maximum Gasteiger partial charge on any atom is 0.435 e. The SMILES string of the molecule is CNC1CCC(N(C)c2ccc(C(F)(F)F)nn2)CC1. The Morgan fingerprint density at radius 1 is 1.15 bits per heavy atom. The second kappa shape index (κ2) is 5.95. The van der Waals surface area contributed by atoms with Gasteiger partial charge in [0.2, 0.25) is 0 Å². The summed E-state index contributed by atoms with van der Waals surface area (Å²) in [5.74, 6) is 0.492. The molecule has 1 N–H and O–H groups in total. The number of hydrogen-bond acceptors (Lipinski definition) is 4. The Labute approximate surface area is 116 Å². The summed E-state index contributed by atoms with van der Waals surface area (Å²) < 4.78 is 37.3. The molecule has 0 unspecified atom stereocenters. The summed E-state index contributed by atoms with van der Waals surface area (Å²) in [5.41, 5.74) is -0.950. The van der Waals surface area contributed by atoms with Crippen LogP contribution in [0.25, 0.3) is 0 Å². The van der Waals surface area contributed by atoms with Crippen LogP contribution in [-0.2, 0) is 6.18 Å². The van der Waals surface area contributed by atoms with Gasteiger partial charge in [-0.3, -0.25) is 0 Å². The highest BCUT2D eigenvalue weighted by Crippen LogP contribution is 2.29. The molecule has 1 aromatic rings. The van der Waals surface area contributed by atoms with E-state index in [1.54, 1.807) is 0 Å². The molecule has 1 saturated carbocycles. The van der Waals surface area contributed by atoms with E-state index in [0.717, 1.165) is 31.7 Å². The predicted octanol–water partition coefficient (Wildman–Crippen LogP) is 2.46. The summed E-state index contributed by atoms with van der Waals surface area (Å²) in [6.45, 7) is 0. The molecule has 1 fully saturated rings. The summed E-state index contributed by atoms with van der Waals surface area (Å²) in [5, 5.41) is 10.2. The van der Waals surface area contributed by atoms with E-state index in [1.807, 2.05) is 19.0 Å². The van der Waals surface area contributed by atoms with Crippen molar-refractivity contribution in [1.82, 2.24) is 15.5 Å². The van der Waals surface area contributed by atoms with Gasteiger partial charge in [0.1, 0.15) is 0 Å². The minimum Gasteiger partial charge on any atom is -0.355 e. The van der Waals surface area contributed by atoms with Crippen molar-refractivity contribution in [2.24, 2.45) is 0 Å². The molecular formula is C13H19F3N4. The van der Waals surface area contributed by atoms with Crippen molar-refractivity contribution in [1.29, 1.82) is 0 Å². The molecule has 0 bridgehead atoms. The molecule has 0 aliphatic heterocycles. The van der Waals surface area contributed by atoms with E-state index in [1.165, 1.54) is 6.07 Å². The third-order valence-corrected chi connectivity index (χ3v) is 3.95. The van der Waals surface area contributed by atoms with Crippen LogP contribution in [-0.4, -0.2) is 36.4 Å². The van der Waals surface area contributed by atoms with Gasteiger partial charge in [0.25, 0.3) is 0 Å². The molecule has 1 heterocycles. The van der Waals surface area contributed by atoms with Gasteiger partial charge in [-0.15, -0.1) is 10.2 Å². The number of nitrogens with zero attached hydrogens (tertiary/aromatic N) is 3. The lowest BCUT2D eigenvalue weighted by Gasteiger charge is -2.35. The molecule has 1 aliphatic carbocycles. The topological polar surface area (TPSA) is 41.0 Å². The first-order valence-electron chi connectivity index (χ1n) is 6.73. The van der Waals surface area contributed by atoms with Crippen molar-refractivity contribution in [2.75, 3.05) is 19.0 Å². The Bertz CT molecular complexity index is 424. The third kappa shape index (κ3) is 3.39. The van der Waals surface area contributed by atoms with Crippen LogP contribution in [0.2, 0.25) is 0 Å². The molecular weight excluding hydrogens is 269 g/mol. The number of aromatic nitrogens is 2. The zero-order valence-corrected chi connectivity index (χ0v) is 11.6. The quantitative estimate of drug-likeness (QED) is 0.927. The predicted molar refractivity (Wildman–Crippen MR) is 70.5 cm³/mol. The summed E-state index contributed by atoms with van der Waals surface area (Å²) in [4.78, 5) is 1.93. The molecule has 1 aromatic heterocycles. The number of alkyl halides is 3. The van der Waals surface area contributed by atoms with E-state index in [0.29, 0.717) is 17.9 Å². The van der Waals surface area contributed by atoms with E-state index >= 15 is 0 Å². The van der Waals surface area contributed by atoms with Crippen molar-refractivity contribution in [3.05, 3.63) is 17.8 Å². The third-order valence-electron chi connectivity index (χ3n) is 3.95. The molecule has 0 atom stereocenters. The smallest absolute Gasteiger partial charge is 0.355 e. The first kappa shape index (κ1) is 15.0. The first-order chi connectivity index (χ1) is 9.41. The van der Waals surface area contributed by atoms with Crippen LogP contribution in [0.15, 0.2) is 12.1 Å². The van der Waals surface area contributed by atoms with E-state index in [9.17, 15) is 13.2 Å². The van der Waals surface area contributed by atoms with Gasteiger partial charge in [-0.1, -0.05) is 0 Å². The normalized spacial score (nSPS) is 23.6. The van der Waals surface area contributed by atoms with Gasteiger partial charge in [-0.05, 0) is 44.9 Å². The maximum absolute atomic E-state index is 12.4. The summed E-state index contributed by atoms with van der Waals surface area (Å²) in [6, 6.07) is 3.22. The Hall–Kier alpha value is -1.37. The highest BCUT2D eigenvalue weighted by atomic mass is 19.4. The van der Waals surface area contributed by atoms with E-state index in [4.69, 9.17) is 0 Å². The molecule has 2 rings (SSSR count). The molecule has 0 spiro atoms. The number of hydrogen-bond donors (Lipinski definition) is 1. The average Bonchev–Trinajstić information content (AvgIpc) is 2.46. The van der Waals surface area contributed by atoms with Crippen molar-refractivity contribution in [2.45, 2.75) is 43.9 Å². The molecule has 4 nitrogen and oxygen atoms in total. The van der Waals surface area contributed by atoms with E-state index < -0.39 is 11.9 Å². The second-order valence-corrected chi connectivity index (χ2v) is 5.18. The molecule has 112 valence electrons. The number of anilines is 1. The maximum atomic E-state index is 12.4. The van der Waals surface area contributed by atoms with Crippen LogP contribution >= 0.6 is 0 Å². The highest BCUT2D eigenvalue weighted by molar-refractivity contribution is 5.38. The van der Waals surface area contributed by atoms with Gasteiger partial charge in [0.15, 0.2) is 11.5 Å². The molecule has 20 heavy (non-hydrogen) atoms. The Morgan fingerprint density at radius 2 is 1.80 bits per heavy atom. The fourth-order valence-corrected chi connectivity index (χ4v) is 2.60. The lowest BCUT2D eigenvalue weighted by Crippen LogP contribution is -2.40. The van der Waals surface area contributed by atoms with Gasteiger partial charge < -0.3 is 10.2 Å². The summed E-state index contributed by atoms with van der Waals surface area (Å²) in [6.07, 6.45) is -0.288. The minimum absolute atomic E-state index is 0.311. The largest absolute Gasteiger partial charge is 0.435 e. The van der Waals surface area contributed by atoms with Gasteiger partial charge in [-0.2, -0.15) is 13.2 Å². The summed E-state index contributed by atoms with van der Waals surface area (Å²) in [7, 11) is 3.82. The van der Waals surface area contributed by atoms with Crippen LogP contribution in [0.3, 0.4) is 0 Å². The molecule has 0 saturated heterocycles. The second-order valence-electron chi connectivity index (χ2n) is 5.18. The highest BCUT2D eigenvalue weighted by Gasteiger charge is 2.33. The average molecular weight is 288 g/mol. The number of halogens is 3. The van der Waals surface area contributed by atoms with E-state index in [-0.39, 0.29) is 0 Å². The lowest BCUT2D eigenvalue weighted by atomic mass is 9.90. The van der Waals surface area contributed by atoms with Crippen LogP contribution in [0.4, 0.5) is 19.0 Å². The number of nitrogens with one attached hydrogen (secondary N) is 1. The Kier molecular flexibility index (Phi) is 4.47. The van der Waals surface area contributed by atoms with Crippen LogP contribution in [0.5, 0.6) is 0 Å². The van der Waals surface area contributed by atoms with Crippen LogP contribution < -0.4 is 10.2 Å². The lowest BCUT2D eigenvalue weighted by molar-refractivity contribution is -0.141.